The van der Waals surface area contributed by atoms with Crippen LogP contribution in [0.4, 0.5) is 0 Å². The van der Waals surface area contributed by atoms with Gasteiger partial charge in [-0.1, -0.05) is 6.42 Å². The van der Waals surface area contributed by atoms with E-state index >= 15 is 0 Å². The molecule has 0 spiro atoms. The molecule has 3 unspecified atom stereocenters. The van der Waals surface area contributed by atoms with Gasteiger partial charge in [0.15, 0.2) is 0 Å². The van der Waals surface area contributed by atoms with E-state index in [1.165, 1.54) is 0 Å². The van der Waals surface area contributed by atoms with Gasteiger partial charge in [-0.3, -0.25) is 4.79 Å². The fraction of sp³-hybridized carbons (Fsp3) is 0.889. The smallest absolute Gasteiger partial charge is 0.232 e. The van der Waals surface area contributed by atoms with Gasteiger partial charge >= 0.3 is 0 Å². The first-order valence-electron chi connectivity index (χ1n) is 4.75. The zero-order valence-electron chi connectivity index (χ0n) is 7.86. The highest BCUT2D eigenvalue weighted by Crippen LogP contribution is 2.24. The monoisotopic (exact) mass is 203 g/mol. The molecule has 3 nitrogen and oxygen atoms in total. The summed E-state index contributed by atoms with van der Waals surface area (Å²) >= 11 is 4.02. The standard InChI is InChI=1S/C9H17NO2S/c1-6(13)9(12)10-5-7-3-2-4-8(7)11/h6-8,11,13H,2-5H2,1H3,(H,10,12). The summed E-state index contributed by atoms with van der Waals surface area (Å²) in [5, 5.41) is 12.0. The number of hydrogen-bond acceptors (Lipinski definition) is 3. The topological polar surface area (TPSA) is 49.3 Å². The number of aliphatic hydroxyl groups excluding tert-OH is 1. The number of aliphatic hydroxyl groups is 1. The molecular formula is C9H17NO2S. The average molecular weight is 203 g/mol. The van der Waals surface area contributed by atoms with E-state index < -0.39 is 0 Å². The first kappa shape index (κ1) is 10.9. The molecule has 0 bridgehead atoms. The molecule has 0 saturated heterocycles. The van der Waals surface area contributed by atoms with E-state index in [0.717, 1.165) is 19.3 Å². The second kappa shape index (κ2) is 4.86. The maximum Gasteiger partial charge on any atom is 0.232 e. The van der Waals surface area contributed by atoms with Crippen LogP contribution in [0.3, 0.4) is 0 Å². The van der Waals surface area contributed by atoms with Crippen LogP contribution >= 0.6 is 12.6 Å². The van der Waals surface area contributed by atoms with Crippen LogP contribution in [-0.2, 0) is 4.79 Å². The molecule has 0 aromatic carbocycles. The number of hydrogen-bond donors (Lipinski definition) is 3. The molecule has 0 radical (unpaired) electrons. The summed E-state index contributed by atoms with van der Waals surface area (Å²) in [6, 6.07) is 0. The molecular weight excluding hydrogens is 186 g/mol. The van der Waals surface area contributed by atoms with Gasteiger partial charge in [-0.2, -0.15) is 12.6 Å². The lowest BCUT2D eigenvalue weighted by molar-refractivity contribution is -0.120. The Kier molecular flexibility index (Phi) is 4.06. The predicted octanol–water partition coefficient (Wildman–Crippen LogP) is 0.582. The molecule has 2 N–H and O–H groups in total. The summed E-state index contributed by atoms with van der Waals surface area (Å²) in [6.07, 6.45) is 2.73. The maximum absolute atomic E-state index is 11.1. The molecule has 13 heavy (non-hydrogen) atoms. The number of amides is 1. The zero-order valence-corrected chi connectivity index (χ0v) is 8.76. The number of thiol groups is 1. The summed E-state index contributed by atoms with van der Waals surface area (Å²) in [7, 11) is 0. The average Bonchev–Trinajstić information content (AvgIpc) is 2.47. The van der Waals surface area contributed by atoms with Gasteiger partial charge in [0.05, 0.1) is 11.4 Å². The van der Waals surface area contributed by atoms with Gasteiger partial charge in [0, 0.05) is 12.5 Å². The van der Waals surface area contributed by atoms with Crippen molar-refractivity contribution < 1.29 is 9.90 Å². The van der Waals surface area contributed by atoms with Gasteiger partial charge in [0.1, 0.15) is 0 Å². The van der Waals surface area contributed by atoms with Gasteiger partial charge in [0.25, 0.3) is 0 Å². The SMILES string of the molecule is CC(S)C(=O)NCC1CCCC1O. The van der Waals surface area contributed by atoms with Crippen LogP contribution < -0.4 is 5.32 Å². The highest BCUT2D eigenvalue weighted by atomic mass is 32.1. The lowest BCUT2D eigenvalue weighted by Crippen LogP contribution is -2.36. The van der Waals surface area contributed by atoms with Crippen LogP contribution in [0.5, 0.6) is 0 Å². The first-order chi connectivity index (χ1) is 6.11. The summed E-state index contributed by atoms with van der Waals surface area (Å²) in [5.41, 5.74) is 0. The van der Waals surface area contributed by atoms with E-state index in [1.807, 2.05) is 0 Å². The quantitative estimate of drug-likeness (QED) is 0.588. The van der Waals surface area contributed by atoms with Crippen molar-refractivity contribution in [2.45, 2.75) is 37.5 Å². The van der Waals surface area contributed by atoms with Crippen molar-refractivity contribution >= 4 is 18.5 Å². The Bertz CT molecular complexity index is 184. The van der Waals surface area contributed by atoms with Crippen molar-refractivity contribution in [2.24, 2.45) is 5.92 Å². The predicted molar refractivity (Wildman–Crippen MR) is 54.8 cm³/mol. The number of carbonyl (C=O) groups excluding carboxylic acids is 1. The van der Waals surface area contributed by atoms with Crippen LogP contribution in [0.15, 0.2) is 0 Å². The molecule has 0 aliphatic heterocycles. The third-order valence-electron chi connectivity index (χ3n) is 2.54. The number of nitrogens with one attached hydrogen (secondary N) is 1. The Labute approximate surface area is 84.3 Å². The minimum absolute atomic E-state index is 0.0533. The molecule has 3 atom stereocenters. The van der Waals surface area contributed by atoms with Crippen LogP contribution in [0.1, 0.15) is 26.2 Å². The van der Waals surface area contributed by atoms with Crippen LogP contribution in [0.25, 0.3) is 0 Å². The van der Waals surface area contributed by atoms with Gasteiger partial charge < -0.3 is 10.4 Å². The Hall–Kier alpha value is -0.220. The second-order valence-corrected chi connectivity index (χ2v) is 4.45. The Balaban J connectivity index is 2.22. The molecule has 0 aromatic heterocycles. The summed E-state index contributed by atoms with van der Waals surface area (Å²) < 4.78 is 0. The van der Waals surface area contributed by atoms with E-state index in [9.17, 15) is 9.90 Å². The minimum Gasteiger partial charge on any atom is -0.393 e. The van der Waals surface area contributed by atoms with Crippen molar-refractivity contribution in [2.75, 3.05) is 6.54 Å². The fourth-order valence-corrected chi connectivity index (χ4v) is 1.73. The Morgan fingerprint density at radius 1 is 1.69 bits per heavy atom. The van der Waals surface area contributed by atoms with Crippen LogP contribution in [-0.4, -0.2) is 28.9 Å². The van der Waals surface area contributed by atoms with E-state index in [-0.39, 0.29) is 23.2 Å². The fourth-order valence-electron chi connectivity index (χ4n) is 1.63. The zero-order chi connectivity index (χ0) is 9.84. The van der Waals surface area contributed by atoms with Crippen molar-refractivity contribution in [1.29, 1.82) is 0 Å². The molecule has 1 fully saturated rings. The number of rotatable bonds is 3. The van der Waals surface area contributed by atoms with Gasteiger partial charge in [0.2, 0.25) is 5.91 Å². The van der Waals surface area contributed by atoms with Crippen LogP contribution in [0, 0.1) is 5.92 Å². The Morgan fingerprint density at radius 2 is 2.38 bits per heavy atom. The third-order valence-corrected chi connectivity index (χ3v) is 2.77. The van der Waals surface area contributed by atoms with Crippen molar-refractivity contribution in [1.82, 2.24) is 5.32 Å². The Morgan fingerprint density at radius 3 is 2.85 bits per heavy atom. The number of carbonyl (C=O) groups is 1. The molecule has 1 aliphatic rings. The lowest BCUT2D eigenvalue weighted by atomic mass is 10.1. The van der Waals surface area contributed by atoms with Crippen LogP contribution in [0.2, 0.25) is 0 Å². The molecule has 4 heteroatoms. The summed E-state index contributed by atoms with van der Waals surface area (Å²) in [4.78, 5) is 11.1. The van der Waals surface area contributed by atoms with Crippen molar-refractivity contribution in [3.8, 4) is 0 Å². The molecule has 1 amide bonds. The largest absolute Gasteiger partial charge is 0.393 e. The molecule has 0 aromatic rings. The van der Waals surface area contributed by atoms with Crippen molar-refractivity contribution in [3.05, 3.63) is 0 Å². The summed E-state index contributed by atoms with van der Waals surface area (Å²) in [5.74, 6) is 0.193. The van der Waals surface area contributed by atoms with E-state index in [2.05, 4.69) is 17.9 Å². The van der Waals surface area contributed by atoms with Crippen molar-refractivity contribution in [3.63, 3.8) is 0 Å². The van der Waals surface area contributed by atoms with E-state index in [4.69, 9.17) is 0 Å². The lowest BCUT2D eigenvalue weighted by Gasteiger charge is -2.15. The normalized spacial score (nSPS) is 30.1. The summed E-state index contributed by atoms with van der Waals surface area (Å²) in [6.45, 7) is 2.33. The second-order valence-electron chi connectivity index (χ2n) is 3.68. The molecule has 1 aliphatic carbocycles. The maximum atomic E-state index is 11.1. The van der Waals surface area contributed by atoms with Gasteiger partial charge in [-0.25, -0.2) is 0 Å². The van der Waals surface area contributed by atoms with Gasteiger partial charge in [-0.05, 0) is 19.8 Å². The first-order valence-corrected chi connectivity index (χ1v) is 5.26. The van der Waals surface area contributed by atoms with E-state index in [0.29, 0.717) is 6.54 Å². The molecule has 0 heterocycles. The molecule has 76 valence electrons. The highest BCUT2D eigenvalue weighted by molar-refractivity contribution is 7.81. The highest BCUT2D eigenvalue weighted by Gasteiger charge is 2.25. The third kappa shape index (κ3) is 3.19. The molecule has 1 rings (SSSR count). The van der Waals surface area contributed by atoms with Gasteiger partial charge in [-0.15, -0.1) is 0 Å². The van der Waals surface area contributed by atoms with E-state index in [1.54, 1.807) is 6.92 Å². The molecule has 1 saturated carbocycles. The minimum atomic E-state index is -0.265.